The summed E-state index contributed by atoms with van der Waals surface area (Å²) < 4.78 is 7.15. The third-order valence-corrected chi connectivity index (χ3v) is 3.00. The summed E-state index contributed by atoms with van der Waals surface area (Å²) in [6.45, 7) is 2.92. The maximum atomic E-state index is 11.6. The smallest absolute Gasteiger partial charge is 0.350 e. The summed E-state index contributed by atoms with van der Waals surface area (Å²) >= 11 is 5.78. The van der Waals surface area contributed by atoms with Gasteiger partial charge in [0.2, 0.25) is 0 Å². The third kappa shape index (κ3) is 1.42. The summed E-state index contributed by atoms with van der Waals surface area (Å²) in [6, 6.07) is 1.74. The van der Waals surface area contributed by atoms with Crippen molar-refractivity contribution in [3.63, 3.8) is 0 Å². The zero-order chi connectivity index (χ0) is 10.4. The minimum absolute atomic E-state index is 0.104. The molecule has 0 spiro atoms. The van der Waals surface area contributed by atoms with Gasteiger partial charge in [-0.3, -0.25) is 4.57 Å². The lowest BCUT2D eigenvalue weighted by Gasteiger charge is -2.40. The molecule has 5 nitrogen and oxygen atoms in total. The normalized spacial score (nSPS) is 23.8. The van der Waals surface area contributed by atoms with Crippen LogP contribution in [0.25, 0.3) is 0 Å². The Morgan fingerprint density at radius 2 is 2.40 bits per heavy atom. The molecule has 0 aliphatic carbocycles. The summed E-state index contributed by atoms with van der Waals surface area (Å²) in [7, 11) is 0. The van der Waals surface area contributed by atoms with Crippen molar-refractivity contribution in [3.8, 4) is 0 Å². The van der Waals surface area contributed by atoms with Gasteiger partial charge in [-0.25, -0.2) is 4.79 Å². The molecule has 0 aromatic carbocycles. The van der Waals surface area contributed by atoms with Gasteiger partial charge in [0.25, 0.3) is 0 Å². The van der Waals surface area contributed by atoms with E-state index in [1.165, 1.54) is 0 Å². The van der Waals surface area contributed by atoms with Crippen molar-refractivity contribution in [2.45, 2.75) is 12.6 Å². The van der Waals surface area contributed by atoms with Crippen molar-refractivity contribution in [2.75, 3.05) is 24.6 Å². The second-order valence-electron chi connectivity index (χ2n) is 3.77. The number of ether oxygens (including phenoxy) is 1. The SMILES string of the molecule is O=c1nc(Cl)cc2n1C[C@H]1CN2CCO1. The minimum Gasteiger partial charge on any atom is -0.373 e. The molecule has 1 fully saturated rings. The van der Waals surface area contributed by atoms with Crippen LogP contribution in [0.5, 0.6) is 0 Å². The van der Waals surface area contributed by atoms with Gasteiger partial charge in [0.15, 0.2) is 0 Å². The van der Waals surface area contributed by atoms with Crippen LogP contribution in [0.2, 0.25) is 5.15 Å². The molecule has 2 bridgehead atoms. The van der Waals surface area contributed by atoms with Crippen LogP contribution in [-0.4, -0.2) is 35.4 Å². The van der Waals surface area contributed by atoms with Crippen LogP contribution in [0.15, 0.2) is 10.9 Å². The zero-order valence-electron chi connectivity index (χ0n) is 8.02. The van der Waals surface area contributed by atoms with Crippen LogP contribution >= 0.6 is 11.6 Å². The molecule has 2 aliphatic heterocycles. The molecule has 1 saturated heterocycles. The molecule has 0 radical (unpaired) electrons. The van der Waals surface area contributed by atoms with Crippen molar-refractivity contribution in [1.82, 2.24) is 9.55 Å². The highest BCUT2D eigenvalue weighted by Crippen LogP contribution is 2.24. The molecule has 0 N–H and O–H groups in total. The first-order valence-electron chi connectivity index (χ1n) is 4.88. The van der Waals surface area contributed by atoms with E-state index in [-0.39, 0.29) is 16.9 Å². The molecule has 0 unspecified atom stereocenters. The largest absolute Gasteiger partial charge is 0.373 e. The molecule has 0 saturated carbocycles. The average Bonchev–Trinajstić information content (AvgIpc) is 2.21. The highest BCUT2D eigenvalue weighted by atomic mass is 35.5. The summed E-state index contributed by atoms with van der Waals surface area (Å²) in [5.74, 6) is 0.861. The highest BCUT2D eigenvalue weighted by molar-refractivity contribution is 6.29. The van der Waals surface area contributed by atoms with Crippen molar-refractivity contribution in [3.05, 3.63) is 21.7 Å². The molecule has 0 amide bonds. The van der Waals surface area contributed by atoms with E-state index in [9.17, 15) is 4.79 Å². The fraction of sp³-hybridized carbons (Fsp3) is 0.556. The number of nitrogens with zero attached hydrogens (tertiary/aromatic N) is 3. The van der Waals surface area contributed by atoms with Crippen LogP contribution in [0.4, 0.5) is 5.82 Å². The maximum absolute atomic E-state index is 11.6. The lowest BCUT2D eigenvalue weighted by molar-refractivity contribution is 0.0197. The third-order valence-electron chi connectivity index (χ3n) is 2.81. The van der Waals surface area contributed by atoms with E-state index in [0.29, 0.717) is 13.2 Å². The number of halogens is 1. The number of morpholine rings is 1. The van der Waals surface area contributed by atoms with E-state index in [4.69, 9.17) is 16.3 Å². The summed E-state index contributed by atoms with van der Waals surface area (Å²) in [5.41, 5.74) is -0.294. The number of aromatic nitrogens is 2. The van der Waals surface area contributed by atoms with Gasteiger partial charge in [-0.05, 0) is 0 Å². The van der Waals surface area contributed by atoms with Crippen molar-refractivity contribution >= 4 is 17.4 Å². The molecule has 1 aromatic rings. The average molecular weight is 228 g/mol. The highest BCUT2D eigenvalue weighted by Gasteiger charge is 2.29. The fourth-order valence-corrected chi connectivity index (χ4v) is 2.31. The lowest BCUT2D eigenvalue weighted by atomic mass is 10.2. The van der Waals surface area contributed by atoms with Gasteiger partial charge < -0.3 is 9.64 Å². The van der Waals surface area contributed by atoms with Gasteiger partial charge in [0.05, 0.1) is 19.3 Å². The van der Waals surface area contributed by atoms with E-state index < -0.39 is 0 Å². The van der Waals surface area contributed by atoms with Gasteiger partial charge in [0, 0.05) is 19.2 Å². The molecule has 80 valence electrons. The topological polar surface area (TPSA) is 47.4 Å². The van der Waals surface area contributed by atoms with Crippen molar-refractivity contribution in [2.24, 2.45) is 0 Å². The molecule has 6 heteroatoms. The van der Waals surface area contributed by atoms with E-state index in [2.05, 4.69) is 9.88 Å². The predicted molar refractivity (Wildman–Crippen MR) is 55.5 cm³/mol. The molecule has 15 heavy (non-hydrogen) atoms. The van der Waals surface area contributed by atoms with Gasteiger partial charge in [-0.2, -0.15) is 4.98 Å². The standard InChI is InChI=1S/C9H10ClN3O2/c10-7-3-8-12-1-2-15-6(4-12)5-13(8)9(14)11-7/h3,6H,1-2,4-5H2/t6-/m1/s1. The Bertz CT molecular complexity index is 459. The number of anilines is 1. The first-order valence-corrected chi connectivity index (χ1v) is 5.26. The van der Waals surface area contributed by atoms with E-state index in [1.54, 1.807) is 10.6 Å². The first-order chi connectivity index (χ1) is 7.24. The van der Waals surface area contributed by atoms with E-state index in [1.807, 2.05) is 0 Å². The zero-order valence-corrected chi connectivity index (χ0v) is 8.78. The molecule has 1 aromatic heterocycles. The molecule has 3 heterocycles. The summed E-state index contributed by atoms with van der Waals surface area (Å²) in [4.78, 5) is 17.4. The maximum Gasteiger partial charge on any atom is 0.350 e. The van der Waals surface area contributed by atoms with E-state index in [0.717, 1.165) is 18.9 Å². The van der Waals surface area contributed by atoms with Gasteiger partial charge in [-0.1, -0.05) is 11.6 Å². The van der Waals surface area contributed by atoms with Crippen LogP contribution < -0.4 is 10.6 Å². The van der Waals surface area contributed by atoms with Crippen LogP contribution in [0.1, 0.15) is 0 Å². The Labute approximate surface area is 91.2 Å². The summed E-state index contributed by atoms with van der Waals surface area (Å²) in [5, 5.41) is 0.260. The Morgan fingerprint density at radius 1 is 1.53 bits per heavy atom. The Morgan fingerprint density at radius 3 is 3.27 bits per heavy atom. The van der Waals surface area contributed by atoms with Crippen LogP contribution in [0.3, 0.4) is 0 Å². The van der Waals surface area contributed by atoms with Gasteiger partial charge in [-0.15, -0.1) is 0 Å². The van der Waals surface area contributed by atoms with E-state index >= 15 is 0 Å². The molecular formula is C9H10ClN3O2. The van der Waals surface area contributed by atoms with Gasteiger partial charge >= 0.3 is 5.69 Å². The van der Waals surface area contributed by atoms with Crippen molar-refractivity contribution in [1.29, 1.82) is 0 Å². The summed E-state index contributed by atoms with van der Waals surface area (Å²) in [6.07, 6.45) is 0.104. The van der Waals surface area contributed by atoms with Crippen molar-refractivity contribution < 1.29 is 4.74 Å². The quantitative estimate of drug-likeness (QED) is 0.591. The second kappa shape index (κ2) is 3.21. The lowest BCUT2D eigenvalue weighted by Crippen LogP contribution is -2.52. The number of hydrogen-bond donors (Lipinski definition) is 0. The van der Waals surface area contributed by atoms with Crippen LogP contribution in [0, 0.1) is 0 Å². The Kier molecular flexibility index (Phi) is 1.97. The monoisotopic (exact) mass is 227 g/mol. The number of hydrogen-bond acceptors (Lipinski definition) is 4. The first kappa shape index (κ1) is 9.18. The Hall–Kier alpha value is -1.07. The second-order valence-corrected chi connectivity index (χ2v) is 4.16. The fourth-order valence-electron chi connectivity index (χ4n) is 2.14. The molecular weight excluding hydrogens is 218 g/mol. The Balaban J connectivity index is 2.17. The molecule has 2 aliphatic rings. The molecule has 3 rings (SSSR count). The van der Waals surface area contributed by atoms with Crippen LogP contribution in [-0.2, 0) is 11.3 Å². The predicted octanol–water partition coefficient (Wildman–Crippen LogP) is 0.115. The minimum atomic E-state index is -0.294. The number of rotatable bonds is 0. The molecule has 1 atom stereocenters. The number of fused-ring (bicyclic) bond motifs is 4. The van der Waals surface area contributed by atoms with Gasteiger partial charge in [0.1, 0.15) is 11.0 Å².